The first-order chi connectivity index (χ1) is 6.26. The molecule has 1 radical (unpaired) electrons. The summed E-state index contributed by atoms with van der Waals surface area (Å²) in [7, 11) is 0. The van der Waals surface area contributed by atoms with Crippen LogP contribution < -0.4 is 5.32 Å². The molecule has 0 aromatic carbocycles. The Morgan fingerprint density at radius 1 is 1.31 bits per heavy atom. The molecule has 0 bridgehead atoms. The molecule has 0 saturated heterocycles. The zero-order valence-electron chi connectivity index (χ0n) is 8.81. The number of rotatable bonds is 6. The van der Waals surface area contributed by atoms with E-state index in [9.17, 15) is 4.79 Å². The van der Waals surface area contributed by atoms with Crippen molar-refractivity contribution >= 4 is 6.03 Å². The van der Waals surface area contributed by atoms with Crippen LogP contribution in [0.5, 0.6) is 0 Å². The lowest BCUT2D eigenvalue weighted by molar-refractivity contribution is 0.198. The van der Waals surface area contributed by atoms with Crippen LogP contribution in [0.1, 0.15) is 33.1 Å². The molecule has 0 unspecified atom stereocenters. The van der Waals surface area contributed by atoms with Crippen LogP contribution in [0.3, 0.4) is 0 Å². The Bertz CT molecular complexity index is 131. The summed E-state index contributed by atoms with van der Waals surface area (Å²) in [5.41, 5.74) is 0. The molecule has 0 aliphatic carbocycles. The molecule has 2 amide bonds. The quantitative estimate of drug-likeness (QED) is 0.675. The Balaban J connectivity index is 3.80. The molecule has 0 fully saturated rings. The van der Waals surface area contributed by atoms with Crippen LogP contribution in [-0.4, -0.2) is 30.6 Å². The van der Waals surface area contributed by atoms with Crippen molar-refractivity contribution in [1.82, 2.24) is 10.2 Å². The van der Waals surface area contributed by atoms with Crippen molar-refractivity contribution in [3.63, 3.8) is 0 Å². The Labute approximate surface area is 81.5 Å². The molecule has 3 heteroatoms. The molecule has 0 rings (SSSR count). The van der Waals surface area contributed by atoms with Crippen LogP contribution in [0.25, 0.3) is 0 Å². The van der Waals surface area contributed by atoms with Crippen LogP contribution in [0.15, 0.2) is 0 Å². The zero-order chi connectivity index (χ0) is 10.1. The van der Waals surface area contributed by atoms with E-state index in [0.29, 0.717) is 6.54 Å². The summed E-state index contributed by atoms with van der Waals surface area (Å²) in [6.45, 7) is 10.2. The minimum Gasteiger partial charge on any atom is -0.338 e. The van der Waals surface area contributed by atoms with E-state index < -0.39 is 0 Å². The molecule has 0 atom stereocenters. The SMILES string of the molecule is [CH2]CCNC(=O)N(CCC)CCC. The van der Waals surface area contributed by atoms with Gasteiger partial charge in [-0.05, 0) is 19.3 Å². The van der Waals surface area contributed by atoms with E-state index in [1.807, 2.05) is 4.90 Å². The second kappa shape index (κ2) is 7.90. The van der Waals surface area contributed by atoms with Gasteiger partial charge in [-0.3, -0.25) is 0 Å². The van der Waals surface area contributed by atoms with Gasteiger partial charge in [0.1, 0.15) is 0 Å². The summed E-state index contributed by atoms with van der Waals surface area (Å²) in [6.07, 6.45) is 2.77. The molecule has 0 aromatic heterocycles. The van der Waals surface area contributed by atoms with Gasteiger partial charge < -0.3 is 10.2 Å². The van der Waals surface area contributed by atoms with Crippen LogP contribution in [0.4, 0.5) is 4.79 Å². The fraction of sp³-hybridized carbons (Fsp3) is 0.800. The molecule has 3 nitrogen and oxygen atoms in total. The first kappa shape index (κ1) is 12.3. The van der Waals surface area contributed by atoms with Gasteiger partial charge in [-0.1, -0.05) is 20.8 Å². The van der Waals surface area contributed by atoms with Gasteiger partial charge >= 0.3 is 6.03 Å². The summed E-state index contributed by atoms with van der Waals surface area (Å²) in [5, 5.41) is 2.83. The van der Waals surface area contributed by atoms with Gasteiger partial charge in [0.15, 0.2) is 0 Å². The fourth-order valence-corrected chi connectivity index (χ4v) is 1.16. The normalized spacial score (nSPS) is 9.77. The minimum atomic E-state index is 0.0485. The van der Waals surface area contributed by atoms with Crippen molar-refractivity contribution in [2.24, 2.45) is 0 Å². The van der Waals surface area contributed by atoms with Gasteiger partial charge in [0.25, 0.3) is 0 Å². The third kappa shape index (κ3) is 5.50. The standard InChI is InChI=1S/C10H21N2O/c1-4-7-11-10(13)12(8-5-2)9-6-3/h1,4-9H2,2-3H3,(H,11,13). The van der Waals surface area contributed by atoms with Crippen LogP contribution in [0, 0.1) is 6.92 Å². The molecule has 0 saturated carbocycles. The van der Waals surface area contributed by atoms with Crippen molar-refractivity contribution in [2.45, 2.75) is 33.1 Å². The molecule has 77 valence electrons. The van der Waals surface area contributed by atoms with E-state index in [-0.39, 0.29) is 6.03 Å². The highest BCUT2D eigenvalue weighted by atomic mass is 16.2. The lowest BCUT2D eigenvalue weighted by atomic mass is 10.3. The first-order valence-corrected chi connectivity index (χ1v) is 5.08. The monoisotopic (exact) mass is 185 g/mol. The van der Waals surface area contributed by atoms with E-state index in [4.69, 9.17) is 0 Å². The average molecular weight is 185 g/mol. The Morgan fingerprint density at radius 2 is 1.85 bits per heavy atom. The van der Waals surface area contributed by atoms with Gasteiger partial charge in [0.05, 0.1) is 0 Å². The van der Waals surface area contributed by atoms with Crippen molar-refractivity contribution in [3.8, 4) is 0 Å². The fourth-order valence-electron chi connectivity index (χ4n) is 1.16. The van der Waals surface area contributed by atoms with Crippen LogP contribution in [0.2, 0.25) is 0 Å². The van der Waals surface area contributed by atoms with Crippen molar-refractivity contribution in [2.75, 3.05) is 19.6 Å². The van der Waals surface area contributed by atoms with Crippen LogP contribution in [-0.2, 0) is 0 Å². The summed E-state index contributed by atoms with van der Waals surface area (Å²) >= 11 is 0. The number of hydrogen-bond acceptors (Lipinski definition) is 1. The van der Waals surface area contributed by atoms with E-state index >= 15 is 0 Å². The first-order valence-electron chi connectivity index (χ1n) is 5.08. The van der Waals surface area contributed by atoms with E-state index in [2.05, 4.69) is 26.1 Å². The van der Waals surface area contributed by atoms with Gasteiger partial charge in [-0.15, -0.1) is 0 Å². The largest absolute Gasteiger partial charge is 0.338 e. The lowest BCUT2D eigenvalue weighted by Gasteiger charge is -2.21. The third-order valence-corrected chi connectivity index (χ3v) is 1.73. The number of urea groups is 1. The summed E-state index contributed by atoms with van der Waals surface area (Å²) in [4.78, 5) is 13.3. The van der Waals surface area contributed by atoms with E-state index in [0.717, 1.165) is 32.4 Å². The molecule has 0 aliphatic rings. The maximum Gasteiger partial charge on any atom is 0.317 e. The summed E-state index contributed by atoms with van der Waals surface area (Å²) in [6, 6.07) is 0.0485. The topological polar surface area (TPSA) is 32.3 Å². The zero-order valence-corrected chi connectivity index (χ0v) is 8.81. The number of carbonyl (C=O) groups excluding carboxylic acids is 1. The molecular weight excluding hydrogens is 164 g/mol. The van der Waals surface area contributed by atoms with Crippen LogP contribution >= 0.6 is 0 Å². The molecular formula is C10H21N2O. The van der Waals surface area contributed by atoms with Gasteiger partial charge in [0.2, 0.25) is 0 Å². The lowest BCUT2D eigenvalue weighted by Crippen LogP contribution is -2.41. The number of hydrogen-bond donors (Lipinski definition) is 1. The smallest absolute Gasteiger partial charge is 0.317 e. The van der Waals surface area contributed by atoms with Crippen molar-refractivity contribution in [3.05, 3.63) is 6.92 Å². The number of carbonyl (C=O) groups is 1. The second-order valence-corrected chi connectivity index (χ2v) is 3.07. The van der Waals surface area contributed by atoms with E-state index in [1.165, 1.54) is 0 Å². The second-order valence-electron chi connectivity index (χ2n) is 3.07. The number of nitrogens with zero attached hydrogens (tertiary/aromatic N) is 1. The highest BCUT2D eigenvalue weighted by molar-refractivity contribution is 5.74. The van der Waals surface area contributed by atoms with Gasteiger partial charge in [0, 0.05) is 19.6 Å². The van der Waals surface area contributed by atoms with Gasteiger partial charge in [-0.25, -0.2) is 4.79 Å². The highest BCUT2D eigenvalue weighted by Gasteiger charge is 2.09. The minimum absolute atomic E-state index is 0.0485. The van der Waals surface area contributed by atoms with E-state index in [1.54, 1.807) is 0 Å². The predicted octanol–water partition coefficient (Wildman–Crippen LogP) is 2.04. The summed E-state index contributed by atoms with van der Waals surface area (Å²) in [5.74, 6) is 0. The molecule has 0 spiro atoms. The Morgan fingerprint density at radius 3 is 2.23 bits per heavy atom. The Hall–Kier alpha value is -0.730. The van der Waals surface area contributed by atoms with Gasteiger partial charge in [-0.2, -0.15) is 0 Å². The van der Waals surface area contributed by atoms with Crippen molar-refractivity contribution in [1.29, 1.82) is 0 Å². The average Bonchev–Trinajstić information content (AvgIpc) is 2.14. The Kier molecular flexibility index (Phi) is 7.45. The van der Waals surface area contributed by atoms with Crippen molar-refractivity contribution < 1.29 is 4.79 Å². The maximum absolute atomic E-state index is 11.5. The number of amides is 2. The maximum atomic E-state index is 11.5. The summed E-state index contributed by atoms with van der Waals surface area (Å²) < 4.78 is 0. The molecule has 0 aromatic rings. The highest BCUT2D eigenvalue weighted by Crippen LogP contribution is 1.94. The third-order valence-electron chi connectivity index (χ3n) is 1.73. The number of nitrogens with one attached hydrogen (secondary N) is 1. The molecule has 13 heavy (non-hydrogen) atoms. The molecule has 0 heterocycles. The molecule has 0 aliphatic heterocycles. The molecule has 1 N–H and O–H groups in total. The predicted molar refractivity (Wildman–Crippen MR) is 55.5 cm³/mol.